The molecule has 1 fully saturated rings. The van der Waals surface area contributed by atoms with Crippen LogP contribution in [0.5, 0.6) is 0 Å². The van der Waals surface area contributed by atoms with Crippen LogP contribution in [0.2, 0.25) is 0 Å². The van der Waals surface area contributed by atoms with Gasteiger partial charge in [-0.15, -0.1) is 0 Å². The number of carbonyl (C=O) groups excluding carboxylic acids is 1. The maximum Gasteiger partial charge on any atom is 0.254 e. The molecule has 0 unspecified atom stereocenters. The van der Waals surface area contributed by atoms with Crippen LogP contribution >= 0.6 is 0 Å². The van der Waals surface area contributed by atoms with Gasteiger partial charge in [-0.3, -0.25) is 9.78 Å². The van der Waals surface area contributed by atoms with Crippen LogP contribution in [0.3, 0.4) is 0 Å². The lowest BCUT2D eigenvalue weighted by Crippen LogP contribution is -2.33. The number of nitrogens with zero attached hydrogens (tertiary/aromatic N) is 2. The lowest BCUT2D eigenvalue weighted by atomic mass is 9.89. The van der Waals surface area contributed by atoms with Gasteiger partial charge in [0.25, 0.3) is 5.91 Å². The first kappa shape index (κ1) is 15.5. The second kappa shape index (κ2) is 7.80. The molecule has 1 amide bonds. The van der Waals surface area contributed by atoms with Gasteiger partial charge in [-0.2, -0.15) is 0 Å². The number of pyridine rings is 1. The van der Waals surface area contributed by atoms with Gasteiger partial charge in [0, 0.05) is 26.0 Å². The van der Waals surface area contributed by atoms with Crippen molar-refractivity contribution in [1.82, 2.24) is 9.88 Å². The van der Waals surface area contributed by atoms with Crippen molar-refractivity contribution in [2.24, 2.45) is 5.92 Å². The summed E-state index contributed by atoms with van der Waals surface area (Å²) in [5.74, 6) is 5.96. The average Bonchev–Trinajstić information content (AvgIpc) is 2.53. The monoisotopic (exact) mass is 286 g/mol. The van der Waals surface area contributed by atoms with E-state index in [2.05, 4.69) is 16.8 Å². The smallest absolute Gasteiger partial charge is 0.254 e. The van der Waals surface area contributed by atoms with E-state index in [0.29, 0.717) is 17.0 Å². The van der Waals surface area contributed by atoms with Crippen LogP contribution in [-0.2, 0) is 0 Å². The van der Waals surface area contributed by atoms with E-state index < -0.39 is 0 Å². The molecule has 1 aliphatic carbocycles. The fourth-order valence-electron chi connectivity index (χ4n) is 2.86. The van der Waals surface area contributed by atoms with Gasteiger partial charge in [0.05, 0.1) is 11.1 Å². The zero-order valence-electron chi connectivity index (χ0n) is 12.5. The number of amides is 1. The Labute approximate surface area is 126 Å². The fourth-order valence-corrected chi connectivity index (χ4v) is 2.86. The molecule has 0 aliphatic heterocycles. The summed E-state index contributed by atoms with van der Waals surface area (Å²) >= 11 is 0. The number of hydrogen-bond donors (Lipinski definition) is 1. The molecule has 0 bridgehead atoms. The van der Waals surface area contributed by atoms with E-state index in [-0.39, 0.29) is 12.5 Å². The van der Waals surface area contributed by atoms with Gasteiger partial charge < -0.3 is 10.0 Å². The van der Waals surface area contributed by atoms with E-state index >= 15 is 0 Å². The van der Waals surface area contributed by atoms with Crippen LogP contribution in [0.25, 0.3) is 0 Å². The lowest BCUT2D eigenvalue weighted by molar-refractivity contribution is 0.0760. The minimum Gasteiger partial charge on any atom is -0.384 e. The van der Waals surface area contributed by atoms with Crippen molar-refractivity contribution >= 4 is 5.91 Å². The number of aliphatic hydroxyl groups excluding tert-OH is 1. The molecule has 1 aromatic heterocycles. The minimum absolute atomic E-state index is 0.0230. The second-order valence-corrected chi connectivity index (χ2v) is 5.57. The van der Waals surface area contributed by atoms with Gasteiger partial charge in [0.1, 0.15) is 6.61 Å². The Morgan fingerprint density at radius 2 is 2.19 bits per heavy atom. The first-order chi connectivity index (χ1) is 10.2. The van der Waals surface area contributed by atoms with E-state index in [1.54, 1.807) is 23.4 Å². The van der Waals surface area contributed by atoms with Crippen LogP contribution < -0.4 is 0 Å². The highest BCUT2D eigenvalue weighted by atomic mass is 16.2. The SMILES string of the molecule is CN(CC1CCCCC1)C(=O)c1ccncc1C#CCO. The fraction of sp³-hybridized carbons (Fsp3) is 0.529. The molecule has 0 atom stereocenters. The first-order valence-electron chi connectivity index (χ1n) is 7.51. The highest BCUT2D eigenvalue weighted by Crippen LogP contribution is 2.24. The van der Waals surface area contributed by atoms with Crippen molar-refractivity contribution in [3.8, 4) is 11.8 Å². The Bertz CT molecular complexity index is 539. The van der Waals surface area contributed by atoms with E-state index in [1.165, 1.54) is 32.1 Å². The lowest BCUT2D eigenvalue weighted by Gasteiger charge is -2.27. The Balaban J connectivity index is 2.08. The zero-order chi connectivity index (χ0) is 15.1. The molecule has 0 spiro atoms. The maximum absolute atomic E-state index is 12.6. The van der Waals surface area contributed by atoms with Crippen molar-refractivity contribution in [2.45, 2.75) is 32.1 Å². The van der Waals surface area contributed by atoms with Gasteiger partial charge in [-0.05, 0) is 24.8 Å². The normalized spacial score (nSPS) is 15.1. The summed E-state index contributed by atoms with van der Waals surface area (Å²) in [6, 6.07) is 1.70. The van der Waals surface area contributed by atoms with E-state index in [9.17, 15) is 4.79 Å². The number of aliphatic hydroxyl groups is 1. The van der Waals surface area contributed by atoms with Crippen molar-refractivity contribution < 1.29 is 9.90 Å². The summed E-state index contributed by atoms with van der Waals surface area (Å²) < 4.78 is 0. The third kappa shape index (κ3) is 4.30. The van der Waals surface area contributed by atoms with Gasteiger partial charge in [0.2, 0.25) is 0 Å². The molecule has 1 aromatic rings. The molecule has 1 saturated carbocycles. The minimum atomic E-state index is -0.222. The Morgan fingerprint density at radius 1 is 1.43 bits per heavy atom. The maximum atomic E-state index is 12.6. The molecule has 4 nitrogen and oxygen atoms in total. The largest absolute Gasteiger partial charge is 0.384 e. The quantitative estimate of drug-likeness (QED) is 0.866. The van der Waals surface area contributed by atoms with Crippen molar-refractivity contribution in [3.63, 3.8) is 0 Å². The van der Waals surface area contributed by atoms with Gasteiger partial charge in [-0.1, -0.05) is 31.1 Å². The van der Waals surface area contributed by atoms with Crippen LogP contribution in [-0.4, -0.2) is 41.1 Å². The molecule has 112 valence electrons. The molecule has 21 heavy (non-hydrogen) atoms. The molecular weight excluding hydrogens is 264 g/mol. The van der Waals surface area contributed by atoms with Crippen molar-refractivity contribution in [3.05, 3.63) is 29.6 Å². The standard InChI is InChI=1S/C17H22N2O2/c1-19(13-14-6-3-2-4-7-14)17(21)16-9-10-18-12-15(16)8-5-11-20/h9-10,12,14,20H,2-4,6-7,11,13H2,1H3. The van der Waals surface area contributed by atoms with Crippen molar-refractivity contribution in [2.75, 3.05) is 20.2 Å². The second-order valence-electron chi connectivity index (χ2n) is 5.57. The topological polar surface area (TPSA) is 53.4 Å². The summed E-state index contributed by atoms with van der Waals surface area (Å²) in [4.78, 5) is 18.4. The molecule has 1 N–H and O–H groups in total. The van der Waals surface area contributed by atoms with Crippen molar-refractivity contribution in [1.29, 1.82) is 0 Å². The summed E-state index contributed by atoms with van der Waals surface area (Å²) in [5, 5.41) is 8.79. The van der Waals surface area contributed by atoms with E-state index in [0.717, 1.165) is 6.54 Å². The third-order valence-electron chi connectivity index (χ3n) is 3.96. The first-order valence-corrected chi connectivity index (χ1v) is 7.51. The molecule has 0 saturated heterocycles. The zero-order valence-corrected chi connectivity index (χ0v) is 12.5. The summed E-state index contributed by atoms with van der Waals surface area (Å²) in [6.07, 6.45) is 9.47. The summed E-state index contributed by atoms with van der Waals surface area (Å²) in [6.45, 7) is 0.578. The number of aromatic nitrogens is 1. The third-order valence-corrected chi connectivity index (χ3v) is 3.96. The molecule has 4 heteroatoms. The number of rotatable bonds is 3. The Hall–Kier alpha value is -1.86. The molecule has 1 aliphatic rings. The van der Waals surface area contributed by atoms with Gasteiger partial charge in [-0.25, -0.2) is 0 Å². The van der Waals surface area contributed by atoms with E-state index in [1.807, 2.05) is 7.05 Å². The van der Waals surface area contributed by atoms with Crippen LogP contribution in [0.4, 0.5) is 0 Å². The van der Waals surface area contributed by atoms with Crippen LogP contribution in [0.1, 0.15) is 48.0 Å². The van der Waals surface area contributed by atoms with Crippen LogP contribution in [0, 0.1) is 17.8 Å². The molecular formula is C17H22N2O2. The van der Waals surface area contributed by atoms with Crippen LogP contribution in [0.15, 0.2) is 18.5 Å². The summed E-state index contributed by atoms with van der Waals surface area (Å²) in [5.41, 5.74) is 1.14. The predicted octanol–water partition coefficient (Wildman–Crippen LogP) is 2.08. The Kier molecular flexibility index (Phi) is 5.77. The Morgan fingerprint density at radius 3 is 2.90 bits per heavy atom. The number of carbonyl (C=O) groups is 1. The average molecular weight is 286 g/mol. The molecule has 2 rings (SSSR count). The predicted molar refractivity (Wildman–Crippen MR) is 81.7 cm³/mol. The van der Waals surface area contributed by atoms with E-state index in [4.69, 9.17) is 5.11 Å². The van der Waals surface area contributed by atoms with Gasteiger partial charge >= 0.3 is 0 Å². The number of hydrogen-bond acceptors (Lipinski definition) is 3. The van der Waals surface area contributed by atoms with Gasteiger partial charge in [0.15, 0.2) is 0 Å². The molecule has 1 heterocycles. The highest BCUT2D eigenvalue weighted by molar-refractivity contribution is 5.96. The molecule has 0 radical (unpaired) electrons. The highest BCUT2D eigenvalue weighted by Gasteiger charge is 2.20. The summed E-state index contributed by atoms with van der Waals surface area (Å²) in [7, 11) is 1.85. The molecule has 0 aromatic carbocycles.